The zero-order valence-electron chi connectivity index (χ0n) is 17.9. The maximum absolute atomic E-state index is 13.7. The lowest BCUT2D eigenvalue weighted by molar-refractivity contribution is 0.262. The van der Waals surface area contributed by atoms with Crippen LogP contribution in [0.3, 0.4) is 0 Å². The Bertz CT molecular complexity index is 1100. The van der Waals surface area contributed by atoms with Crippen LogP contribution in [0.4, 0.5) is 30.8 Å². The number of carbonyl (C=O) groups excluding carboxylic acids is 1. The minimum atomic E-state index is -0.843. The van der Waals surface area contributed by atoms with Gasteiger partial charge in [0, 0.05) is 43.8 Å². The van der Waals surface area contributed by atoms with Crippen molar-refractivity contribution in [3.63, 3.8) is 0 Å². The topological polar surface area (TPSA) is 60.5 Å². The first-order valence-electron chi connectivity index (χ1n) is 10.7. The summed E-state index contributed by atoms with van der Waals surface area (Å²) in [6, 6.07) is 13.9. The number of anilines is 3. The molecule has 1 aliphatic heterocycles. The molecule has 1 fully saturated rings. The van der Waals surface area contributed by atoms with Crippen LogP contribution in [0.25, 0.3) is 0 Å². The fourth-order valence-electron chi connectivity index (χ4n) is 3.73. The maximum atomic E-state index is 13.7. The number of hydrogen-bond acceptors (Lipinski definition) is 4. The molecule has 0 spiro atoms. The Morgan fingerprint density at radius 2 is 1.79 bits per heavy atom. The van der Waals surface area contributed by atoms with Gasteiger partial charge in [-0.15, -0.1) is 0 Å². The molecule has 33 heavy (non-hydrogen) atoms. The van der Waals surface area contributed by atoms with E-state index in [1.807, 2.05) is 18.2 Å². The SMILES string of the molecule is O=C(Nc1ccc(N2CCCN(Cc3ccc(Cl)cc3)CC2)nc1)Nc1ccc(F)cc1F. The van der Waals surface area contributed by atoms with Gasteiger partial charge in [-0.3, -0.25) is 4.90 Å². The Labute approximate surface area is 196 Å². The largest absolute Gasteiger partial charge is 0.355 e. The summed E-state index contributed by atoms with van der Waals surface area (Å²) in [4.78, 5) is 21.2. The summed E-state index contributed by atoms with van der Waals surface area (Å²) >= 11 is 5.97. The van der Waals surface area contributed by atoms with Gasteiger partial charge in [-0.25, -0.2) is 18.6 Å². The summed E-state index contributed by atoms with van der Waals surface area (Å²) in [7, 11) is 0. The highest BCUT2D eigenvalue weighted by molar-refractivity contribution is 6.30. The smallest absolute Gasteiger partial charge is 0.323 e. The molecule has 6 nitrogen and oxygen atoms in total. The molecular formula is C24H24ClF2N5O. The van der Waals surface area contributed by atoms with Gasteiger partial charge in [0.25, 0.3) is 0 Å². The highest BCUT2D eigenvalue weighted by Gasteiger charge is 2.16. The number of benzene rings is 2. The van der Waals surface area contributed by atoms with Crippen molar-refractivity contribution in [1.82, 2.24) is 9.88 Å². The standard InChI is InChI=1S/C24H24ClF2N5O/c25-18-4-2-17(3-5-18)16-31-10-1-11-32(13-12-31)23-9-7-20(15-28-23)29-24(33)30-22-8-6-19(26)14-21(22)27/h2-9,14-15H,1,10-13,16H2,(H2,29,30,33). The minimum Gasteiger partial charge on any atom is -0.355 e. The predicted molar refractivity (Wildman–Crippen MR) is 127 cm³/mol. The van der Waals surface area contributed by atoms with Gasteiger partial charge in [0.1, 0.15) is 17.5 Å². The maximum Gasteiger partial charge on any atom is 0.323 e. The Morgan fingerprint density at radius 3 is 2.52 bits per heavy atom. The second-order valence-electron chi connectivity index (χ2n) is 7.85. The highest BCUT2D eigenvalue weighted by Crippen LogP contribution is 2.19. The van der Waals surface area contributed by atoms with E-state index in [2.05, 4.69) is 37.6 Å². The monoisotopic (exact) mass is 471 g/mol. The lowest BCUT2D eigenvalue weighted by Gasteiger charge is -2.23. The fraction of sp³-hybridized carbons (Fsp3) is 0.250. The van der Waals surface area contributed by atoms with Gasteiger partial charge in [-0.2, -0.15) is 0 Å². The first kappa shape index (κ1) is 22.9. The molecule has 3 aromatic rings. The van der Waals surface area contributed by atoms with Gasteiger partial charge in [-0.05, 0) is 48.4 Å². The third kappa shape index (κ3) is 6.40. The average molecular weight is 472 g/mol. The van der Waals surface area contributed by atoms with Gasteiger partial charge < -0.3 is 15.5 Å². The third-order valence-corrected chi connectivity index (χ3v) is 5.67. The van der Waals surface area contributed by atoms with E-state index in [4.69, 9.17) is 11.6 Å². The van der Waals surface area contributed by atoms with Crippen molar-refractivity contribution in [1.29, 1.82) is 0 Å². The van der Waals surface area contributed by atoms with Gasteiger partial charge in [0.2, 0.25) is 0 Å². The molecule has 0 saturated carbocycles. The van der Waals surface area contributed by atoms with Gasteiger partial charge in [0.05, 0.1) is 17.6 Å². The molecular weight excluding hydrogens is 448 g/mol. The fourth-order valence-corrected chi connectivity index (χ4v) is 3.85. The van der Waals surface area contributed by atoms with Gasteiger partial charge >= 0.3 is 6.03 Å². The molecule has 1 aromatic heterocycles. The van der Waals surface area contributed by atoms with Crippen molar-refractivity contribution in [2.75, 3.05) is 41.7 Å². The van der Waals surface area contributed by atoms with E-state index in [0.29, 0.717) is 11.8 Å². The van der Waals surface area contributed by atoms with Crippen LogP contribution in [-0.2, 0) is 6.54 Å². The molecule has 2 N–H and O–H groups in total. The number of amides is 2. The number of nitrogens with zero attached hydrogens (tertiary/aromatic N) is 3. The van der Waals surface area contributed by atoms with E-state index in [1.54, 1.807) is 12.3 Å². The van der Waals surface area contributed by atoms with E-state index in [-0.39, 0.29) is 5.69 Å². The second kappa shape index (κ2) is 10.6. The Hall–Kier alpha value is -3.23. The van der Waals surface area contributed by atoms with Crippen LogP contribution in [0.1, 0.15) is 12.0 Å². The molecule has 1 aliphatic rings. The Morgan fingerprint density at radius 1 is 0.970 bits per heavy atom. The minimum absolute atomic E-state index is 0.105. The van der Waals surface area contributed by atoms with Crippen LogP contribution < -0.4 is 15.5 Å². The van der Waals surface area contributed by atoms with E-state index >= 15 is 0 Å². The van der Waals surface area contributed by atoms with Crippen LogP contribution >= 0.6 is 11.6 Å². The number of hydrogen-bond donors (Lipinski definition) is 2. The molecule has 1 saturated heterocycles. The molecule has 0 unspecified atom stereocenters. The summed E-state index contributed by atoms with van der Waals surface area (Å²) < 4.78 is 26.7. The highest BCUT2D eigenvalue weighted by atomic mass is 35.5. The summed E-state index contributed by atoms with van der Waals surface area (Å²) in [5, 5.41) is 5.70. The van der Waals surface area contributed by atoms with Gasteiger partial charge in [-0.1, -0.05) is 23.7 Å². The van der Waals surface area contributed by atoms with Gasteiger partial charge in [0.15, 0.2) is 0 Å². The summed E-state index contributed by atoms with van der Waals surface area (Å²) in [6.45, 7) is 4.53. The van der Waals surface area contributed by atoms with E-state index < -0.39 is 17.7 Å². The average Bonchev–Trinajstić information content (AvgIpc) is 3.03. The lowest BCUT2D eigenvalue weighted by Crippen LogP contribution is -2.31. The van der Waals surface area contributed by atoms with Crippen molar-refractivity contribution in [3.8, 4) is 0 Å². The van der Waals surface area contributed by atoms with E-state index in [0.717, 1.165) is 56.1 Å². The van der Waals surface area contributed by atoms with Crippen molar-refractivity contribution >= 4 is 34.8 Å². The van der Waals surface area contributed by atoms with E-state index in [1.165, 1.54) is 11.6 Å². The zero-order chi connectivity index (χ0) is 23.2. The van der Waals surface area contributed by atoms with Crippen LogP contribution in [-0.4, -0.2) is 42.1 Å². The molecule has 0 radical (unpaired) electrons. The molecule has 4 rings (SSSR count). The predicted octanol–water partition coefficient (Wildman–Crippen LogP) is 5.37. The van der Waals surface area contributed by atoms with Crippen LogP contribution in [0.15, 0.2) is 60.8 Å². The third-order valence-electron chi connectivity index (χ3n) is 5.42. The molecule has 0 atom stereocenters. The number of pyridine rings is 1. The van der Waals surface area contributed by atoms with Crippen LogP contribution in [0, 0.1) is 11.6 Å². The van der Waals surface area contributed by atoms with Crippen molar-refractivity contribution in [3.05, 3.63) is 83.0 Å². The molecule has 2 amide bonds. The number of rotatable bonds is 5. The van der Waals surface area contributed by atoms with E-state index in [9.17, 15) is 13.6 Å². The molecule has 0 bridgehead atoms. The van der Waals surface area contributed by atoms with Crippen molar-refractivity contribution in [2.24, 2.45) is 0 Å². The molecule has 172 valence electrons. The number of aromatic nitrogens is 1. The number of urea groups is 1. The summed E-state index contributed by atoms with van der Waals surface area (Å²) in [5.74, 6) is -0.719. The first-order valence-corrected chi connectivity index (χ1v) is 11.0. The molecule has 2 heterocycles. The zero-order valence-corrected chi connectivity index (χ0v) is 18.7. The second-order valence-corrected chi connectivity index (χ2v) is 8.29. The van der Waals surface area contributed by atoms with Crippen LogP contribution in [0.5, 0.6) is 0 Å². The normalized spacial score (nSPS) is 14.6. The number of carbonyl (C=O) groups is 1. The molecule has 0 aliphatic carbocycles. The summed E-state index contributed by atoms with van der Waals surface area (Å²) in [6.07, 6.45) is 2.58. The molecule has 2 aromatic carbocycles. The quantitative estimate of drug-likeness (QED) is 0.525. The molecule has 9 heteroatoms. The van der Waals surface area contributed by atoms with Crippen molar-refractivity contribution in [2.45, 2.75) is 13.0 Å². The Kier molecular flexibility index (Phi) is 7.36. The summed E-state index contributed by atoms with van der Waals surface area (Å²) in [5.41, 5.74) is 1.60. The van der Waals surface area contributed by atoms with Crippen LogP contribution in [0.2, 0.25) is 5.02 Å². The number of nitrogens with one attached hydrogen (secondary N) is 2. The Balaban J connectivity index is 1.30. The first-order chi connectivity index (χ1) is 16.0. The lowest BCUT2D eigenvalue weighted by atomic mass is 10.2. The number of halogens is 3. The van der Waals surface area contributed by atoms with Crippen molar-refractivity contribution < 1.29 is 13.6 Å².